The van der Waals surface area contributed by atoms with Gasteiger partial charge in [-0.05, 0) is 88.4 Å². The summed E-state index contributed by atoms with van der Waals surface area (Å²) in [4.78, 5) is 18.5. The molecular formula is C25H38N2O2. The summed E-state index contributed by atoms with van der Waals surface area (Å²) in [5.74, 6) is 2.56. The number of oxime groups is 1. The number of fused-ring (bicyclic) bond motifs is 6. The molecule has 4 fully saturated rings. The van der Waals surface area contributed by atoms with E-state index in [1.165, 1.54) is 31.4 Å². The molecule has 0 radical (unpaired) electrons. The third-order valence-corrected chi connectivity index (χ3v) is 9.77. The second-order valence-corrected chi connectivity index (χ2v) is 11.7. The summed E-state index contributed by atoms with van der Waals surface area (Å²) in [6.45, 7) is 9.30. The van der Waals surface area contributed by atoms with Crippen molar-refractivity contribution in [2.45, 2.75) is 91.1 Å². The maximum Gasteiger partial charge on any atom is 0.144 e. The molecule has 0 unspecified atom stereocenters. The smallest absolute Gasteiger partial charge is 0.144 e. The zero-order chi connectivity index (χ0) is 20.7. The normalized spacial score (nSPS) is 44.2. The first kappa shape index (κ1) is 19.8. The van der Waals surface area contributed by atoms with Crippen LogP contribution in [0.1, 0.15) is 85.5 Å². The summed E-state index contributed by atoms with van der Waals surface area (Å²) in [6.07, 6.45) is 12.6. The fourth-order valence-electron chi connectivity index (χ4n) is 7.73. The number of carbonyl (C=O) groups is 1. The lowest BCUT2D eigenvalue weighted by Crippen LogP contribution is -2.52. The van der Waals surface area contributed by atoms with Crippen molar-refractivity contribution in [3.05, 3.63) is 11.6 Å². The maximum atomic E-state index is 12.6. The van der Waals surface area contributed by atoms with Crippen LogP contribution in [0.3, 0.4) is 0 Å². The van der Waals surface area contributed by atoms with Crippen LogP contribution in [0.5, 0.6) is 0 Å². The van der Waals surface area contributed by atoms with E-state index in [0.717, 1.165) is 38.0 Å². The zero-order valence-electron chi connectivity index (χ0n) is 18.7. The summed E-state index contributed by atoms with van der Waals surface area (Å²) < 4.78 is 0. The molecule has 0 aliphatic heterocycles. The third kappa shape index (κ3) is 2.66. The third-order valence-electron chi connectivity index (χ3n) is 9.77. The molecule has 0 aromatic rings. The molecule has 0 bridgehead atoms. The second-order valence-electron chi connectivity index (χ2n) is 11.7. The van der Waals surface area contributed by atoms with E-state index in [0.29, 0.717) is 24.2 Å². The molecule has 5 aliphatic carbocycles. The predicted molar refractivity (Wildman–Crippen MR) is 115 cm³/mol. The van der Waals surface area contributed by atoms with Gasteiger partial charge in [-0.3, -0.25) is 4.79 Å². The molecule has 2 N–H and O–H groups in total. The minimum atomic E-state index is -0.404. The van der Waals surface area contributed by atoms with Crippen molar-refractivity contribution in [3.8, 4) is 0 Å². The van der Waals surface area contributed by atoms with Gasteiger partial charge in [0.15, 0.2) is 0 Å². The van der Waals surface area contributed by atoms with Crippen LogP contribution >= 0.6 is 0 Å². The van der Waals surface area contributed by atoms with Crippen LogP contribution in [0.15, 0.2) is 16.8 Å². The van der Waals surface area contributed by atoms with Gasteiger partial charge in [-0.15, -0.1) is 0 Å². The quantitative estimate of drug-likeness (QED) is 0.536. The molecule has 5 atom stereocenters. The molecule has 5 rings (SSSR count). The summed E-state index contributed by atoms with van der Waals surface area (Å²) in [6, 6.07) is 0. The van der Waals surface area contributed by atoms with Crippen molar-refractivity contribution in [3.63, 3.8) is 0 Å². The number of hydrogen-bond acceptors (Lipinski definition) is 4. The molecule has 29 heavy (non-hydrogen) atoms. The highest BCUT2D eigenvalue weighted by Crippen LogP contribution is 2.70. The van der Waals surface area contributed by atoms with Crippen LogP contribution in [-0.2, 0) is 9.63 Å². The Balaban J connectivity index is 1.46. The number of allylic oxidation sites excluding steroid dienone is 2. The molecule has 0 saturated heterocycles. The van der Waals surface area contributed by atoms with Crippen LogP contribution < -0.4 is 5.73 Å². The monoisotopic (exact) mass is 398 g/mol. The summed E-state index contributed by atoms with van der Waals surface area (Å²) in [5, 5.41) is 4.69. The lowest BCUT2D eigenvalue weighted by atomic mass is 9.46. The van der Waals surface area contributed by atoms with Gasteiger partial charge in [-0.2, -0.15) is 0 Å². The number of nitrogens with zero attached hydrogens (tertiary/aromatic N) is 1. The van der Waals surface area contributed by atoms with Crippen molar-refractivity contribution >= 4 is 11.5 Å². The molecule has 4 nitrogen and oxygen atoms in total. The lowest BCUT2D eigenvalue weighted by molar-refractivity contribution is -0.131. The minimum Gasteiger partial charge on any atom is -0.388 e. The van der Waals surface area contributed by atoms with E-state index in [4.69, 9.17) is 15.7 Å². The molecule has 160 valence electrons. The van der Waals surface area contributed by atoms with E-state index < -0.39 is 5.60 Å². The fraction of sp³-hybridized carbons (Fsp3) is 0.840. The van der Waals surface area contributed by atoms with Gasteiger partial charge in [-0.1, -0.05) is 30.7 Å². The second kappa shape index (κ2) is 6.18. The SMILES string of the molecule is CC(C)(CN)O/N=C1/CC[C@@]2(C)C(=CC[C@@H]3[C@@H]2CC[C@]2(C)C(=O)CC[C@@H]32)C12CC2. The van der Waals surface area contributed by atoms with Gasteiger partial charge in [-0.25, -0.2) is 0 Å². The van der Waals surface area contributed by atoms with Crippen LogP contribution in [0, 0.1) is 34.0 Å². The van der Waals surface area contributed by atoms with Crippen LogP contribution in [0.2, 0.25) is 0 Å². The Hall–Kier alpha value is -1.16. The van der Waals surface area contributed by atoms with Gasteiger partial charge in [0.05, 0.1) is 5.71 Å². The first-order valence-electron chi connectivity index (χ1n) is 11.9. The highest BCUT2D eigenvalue weighted by atomic mass is 16.6. The van der Waals surface area contributed by atoms with Crippen molar-refractivity contribution in [1.82, 2.24) is 0 Å². The van der Waals surface area contributed by atoms with Gasteiger partial charge in [0.2, 0.25) is 0 Å². The summed E-state index contributed by atoms with van der Waals surface area (Å²) >= 11 is 0. The van der Waals surface area contributed by atoms with E-state index in [1.54, 1.807) is 5.57 Å². The zero-order valence-corrected chi connectivity index (χ0v) is 18.7. The number of ketones is 1. The molecule has 0 aromatic carbocycles. The van der Waals surface area contributed by atoms with E-state index in [9.17, 15) is 4.79 Å². The van der Waals surface area contributed by atoms with Crippen molar-refractivity contribution < 1.29 is 9.63 Å². The van der Waals surface area contributed by atoms with E-state index in [2.05, 4.69) is 19.9 Å². The number of carbonyl (C=O) groups excluding carboxylic acids is 1. The van der Waals surface area contributed by atoms with Crippen LogP contribution in [0.4, 0.5) is 0 Å². The van der Waals surface area contributed by atoms with E-state index in [1.807, 2.05) is 13.8 Å². The van der Waals surface area contributed by atoms with Crippen molar-refractivity contribution in [1.29, 1.82) is 0 Å². The summed E-state index contributed by atoms with van der Waals surface area (Å²) in [5.41, 5.74) is 8.76. The summed E-state index contributed by atoms with van der Waals surface area (Å²) in [7, 11) is 0. The average molecular weight is 399 g/mol. The minimum absolute atomic E-state index is 0.0386. The highest BCUT2D eigenvalue weighted by molar-refractivity contribution is 5.96. The molecule has 4 heteroatoms. The Labute approximate surface area is 175 Å². The van der Waals surface area contributed by atoms with Gasteiger partial charge in [0.1, 0.15) is 11.4 Å². The van der Waals surface area contributed by atoms with Crippen molar-refractivity contribution in [2.75, 3.05) is 6.54 Å². The molecule has 1 spiro atoms. The molecule has 0 aromatic heterocycles. The number of rotatable bonds is 3. The predicted octanol–water partition coefficient (Wildman–Crippen LogP) is 5.02. The molecule has 0 amide bonds. The van der Waals surface area contributed by atoms with E-state index >= 15 is 0 Å². The van der Waals surface area contributed by atoms with Gasteiger partial charge < -0.3 is 10.6 Å². The number of Topliss-reactive ketones (excluding diaryl/α,β-unsaturated/α-hetero) is 1. The average Bonchev–Trinajstić information content (AvgIpc) is 3.40. The van der Waals surface area contributed by atoms with Gasteiger partial charge >= 0.3 is 0 Å². The molecule has 5 aliphatic rings. The molecule has 0 heterocycles. The Morgan fingerprint density at radius 2 is 1.83 bits per heavy atom. The fourth-order valence-corrected chi connectivity index (χ4v) is 7.73. The lowest BCUT2D eigenvalue weighted by Gasteiger charge is -2.58. The number of hydrogen-bond donors (Lipinski definition) is 1. The van der Waals surface area contributed by atoms with Crippen LogP contribution in [0.25, 0.3) is 0 Å². The number of nitrogens with two attached hydrogens (primary N) is 1. The topological polar surface area (TPSA) is 64.7 Å². The largest absolute Gasteiger partial charge is 0.388 e. The highest BCUT2D eigenvalue weighted by Gasteiger charge is 2.64. The molecular weight excluding hydrogens is 360 g/mol. The Morgan fingerprint density at radius 3 is 2.52 bits per heavy atom. The first-order valence-corrected chi connectivity index (χ1v) is 11.9. The van der Waals surface area contributed by atoms with E-state index in [-0.39, 0.29) is 16.2 Å². The maximum absolute atomic E-state index is 12.6. The standard InChI is InChI=1S/C25H38N2O2/c1-22(2,15-26)29-27-20-10-12-23(3)18-9-11-24(4)17(6-8-21(24)28)16(18)5-7-19(23)25(20)13-14-25/h7,16-18H,5-6,8-15,26H2,1-4H3/b27-20-/t16-,17-,18-,23+,24-/m0/s1. The van der Waals surface area contributed by atoms with Gasteiger partial charge in [0.25, 0.3) is 0 Å². The Kier molecular flexibility index (Phi) is 4.22. The van der Waals surface area contributed by atoms with Gasteiger partial charge in [0, 0.05) is 23.8 Å². The molecule has 4 saturated carbocycles. The first-order chi connectivity index (χ1) is 13.7. The van der Waals surface area contributed by atoms with Crippen LogP contribution in [-0.4, -0.2) is 23.6 Å². The van der Waals surface area contributed by atoms with Crippen molar-refractivity contribution in [2.24, 2.45) is 44.9 Å². The Bertz CT molecular complexity index is 793. The Morgan fingerprint density at radius 1 is 1.10 bits per heavy atom.